The quantitative estimate of drug-likeness (QED) is 0.320. The van der Waals surface area contributed by atoms with Crippen LogP contribution >= 0.6 is 35.6 Å². The molecule has 0 unspecified atom stereocenters. The smallest absolute Gasteiger partial charge is 0.265 e. The van der Waals surface area contributed by atoms with Gasteiger partial charge in [0.25, 0.3) is 5.91 Å². The third kappa shape index (κ3) is 5.44. The first-order valence-corrected chi connectivity index (χ1v) is 10.5. The Hall–Kier alpha value is -2.22. The molecule has 29 heavy (non-hydrogen) atoms. The summed E-state index contributed by atoms with van der Waals surface area (Å²) in [6, 6.07) is 12.8. The Kier molecular flexibility index (Phi) is 7.41. The Labute approximate surface area is 184 Å². The van der Waals surface area contributed by atoms with Gasteiger partial charge in [0, 0.05) is 24.1 Å². The molecule has 1 amide bonds. The van der Waals surface area contributed by atoms with E-state index in [1.54, 1.807) is 38.4 Å². The fourth-order valence-corrected chi connectivity index (χ4v) is 3.96. The summed E-state index contributed by atoms with van der Waals surface area (Å²) in [4.78, 5) is 14.2. The minimum atomic E-state index is -0.129. The Bertz CT molecular complexity index is 948. The second-order valence-electron chi connectivity index (χ2n) is 6.12. The summed E-state index contributed by atoms with van der Waals surface area (Å²) in [6.45, 7) is 0.935. The number of rotatable bonds is 8. The first-order valence-electron chi connectivity index (χ1n) is 8.89. The van der Waals surface area contributed by atoms with E-state index in [1.807, 2.05) is 24.3 Å². The van der Waals surface area contributed by atoms with E-state index in [-0.39, 0.29) is 5.91 Å². The number of hydrogen-bond acceptors (Lipinski definition) is 6. The highest BCUT2D eigenvalue weighted by atomic mass is 35.5. The Morgan fingerprint density at radius 1 is 1.10 bits per heavy atom. The van der Waals surface area contributed by atoms with E-state index in [4.69, 9.17) is 38.0 Å². The number of halogens is 1. The van der Waals surface area contributed by atoms with Crippen molar-refractivity contribution in [2.75, 3.05) is 27.4 Å². The molecule has 152 valence electrons. The summed E-state index contributed by atoms with van der Waals surface area (Å²) >= 11 is 12.6. The highest BCUT2D eigenvalue weighted by molar-refractivity contribution is 8.26. The van der Waals surface area contributed by atoms with Gasteiger partial charge in [-0.25, -0.2) is 0 Å². The molecule has 1 aliphatic heterocycles. The van der Waals surface area contributed by atoms with Crippen molar-refractivity contribution >= 4 is 51.9 Å². The molecule has 1 aliphatic rings. The number of carbonyl (C=O) groups excluding carboxylic acids is 1. The maximum absolute atomic E-state index is 12.3. The lowest BCUT2D eigenvalue weighted by Gasteiger charge is -2.12. The lowest BCUT2D eigenvalue weighted by Crippen LogP contribution is -2.22. The second-order valence-corrected chi connectivity index (χ2v) is 8.24. The summed E-state index contributed by atoms with van der Waals surface area (Å²) in [7, 11) is 3.27. The third-order valence-corrected chi connectivity index (χ3v) is 5.84. The Morgan fingerprint density at radius 2 is 1.79 bits per heavy atom. The molecule has 5 nitrogen and oxygen atoms in total. The molecule has 3 rings (SSSR count). The molecule has 2 aromatic carbocycles. The predicted octanol–water partition coefficient (Wildman–Crippen LogP) is 5.03. The van der Waals surface area contributed by atoms with Crippen molar-refractivity contribution in [1.29, 1.82) is 0 Å². The summed E-state index contributed by atoms with van der Waals surface area (Å²) < 4.78 is 17.5. The van der Waals surface area contributed by atoms with Gasteiger partial charge in [-0.1, -0.05) is 47.7 Å². The topological polar surface area (TPSA) is 48.0 Å². The number of methoxy groups -OCH3 is 1. The van der Waals surface area contributed by atoms with Crippen molar-refractivity contribution in [2.24, 2.45) is 0 Å². The predicted molar refractivity (Wildman–Crippen MR) is 121 cm³/mol. The molecule has 0 aliphatic carbocycles. The molecule has 8 heteroatoms. The van der Waals surface area contributed by atoms with E-state index in [1.165, 1.54) is 16.7 Å². The molecule has 0 bridgehead atoms. The molecular formula is C21H20ClNO4S2. The number of para-hydroxylation sites is 2. The second kappa shape index (κ2) is 10.0. The molecule has 0 N–H and O–H groups in total. The summed E-state index contributed by atoms with van der Waals surface area (Å²) in [5.41, 5.74) is 0.733. The van der Waals surface area contributed by atoms with Crippen LogP contribution in [0.1, 0.15) is 12.0 Å². The van der Waals surface area contributed by atoms with Crippen LogP contribution in [0.4, 0.5) is 0 Å². The molecule has 0 atom stereocenters. The molecule has 1 heterocycles. The number of ether oxygens (including phenoxy) is 3. The van der Waals surface area contributed by atoms with Crippen LogP contribution in [-0.4, -0.2) is 42.5 Å². The SMILES string of the molecule is COc1ccccc1OCCCOc1ccc(Cl)cc1/C=C1\SC(=S)N(C)C1=O. The van der Waals surface area contributed by atoms with Crippen LogP contribution in [0.15, 0.2) is 47.4 Å². The zero-order chi connectivity index (χ0) is 20.8. The normalized spacial score (nSPS) is 15.1. The fraction of sp³-hybridized carbons (Fsp3) is 0.238. The number of thioether (sulfide) groups is 1. The zero-order valence-corrected chi connectivity index (χ0v) is 18.4. The van der Waals surface area contributed by atoms with Crippen molar-refractivity contribution in [3.05, 3.63) is 58.0 Å². The van der Waals surface area contributed by atoms with Gasteiger partial charge >= 0.3 is 0 Å². The van der Waals surface area contributed by atoms with Gasteiger partial charge in [-0.3, -0.25) is 9.69 Å². The van der Waals surface area contributed by atoms with Gasteiger partial charge in [-0.15, -0.1) is 0 Å². The highest BCUT2D eigenvalue weighted by Crippen LogP contribution is 2.34. The van der Waals surface area contributed by atoms with Crippen LogP contribution < -0.4 is 14.2 Å². The number of nitrogens with zero attached hydrogens (tertiary/aromatic N) is 1. The lowest BCUT2D eigenvalue weighted by molar-refractivity contribution is -0.121. The van der Waals surface area contributed by atoms with E-state index < -0.39 is 0 Å². The van der Waals surface area contributed by atoms with Gasteiger partial charge in [0.15, 0.2) is 11.5 Å². The number of hydrogen-bond donors (Lipinski definition) is 0. The zero-order valence-electron chi connectivity index (χ0n) is 16.0. The lowest BCUT2D eigenvalue weighted by atomic mass is 10.2. The summed E-state index contributed by atoms with van der Waals surface area (Å²) in [5.74, 6) is 1.91. The van der Waals surface area contributed by atoms with E-state index in [0.29, 0.717) is 51.1 Å². The number of thiocarbonyl (C=S) groups is 1. The fourth-order valence-electron chi connectivity index (χ4n) is 2.61. The van der Waals surface area contributed by atoms with Gasteiger partial charge in [0.2, 0.25) is 0 Å². The van der Waals surface area contributed by atoms with Crippen molar-refractivity contribution < 1.29 is 19.0 Å². The average molecular weight is 450 g/mol. The van der Waals surface area contributed by atoms with Crippen molar-refractivity contribution in [1.82, 2.24) is 4.90 Å². The molecule has 1 saturated heterocycles. The molecule has 0 radical (unpaired) electrons. The van der Waals surface area contributed by atoms with Gasteiger partial charge < -0.3 is 14.2 Å². The maximum atomic E-state index is 12.3. The van der Waals surface area contributed by atoms with Crippen LogP contribution in [0, 0.1) is 0 Å². The first-order chi connectivity index (χ1) is 14.0. The number of amides is 1. The minimum absolute atomic E-state index is 0.129. The standard InChI is InChI=1S/C21H20ClNO4S2/c1-23-20(24)19(29-21(23)28)13-14-12-15(22)8-9-16(14)26-10-5-11-27-18-7-4-3-6-17(18)25-2/h3-4,6-9,12-13H,5,10-11H2,1-2H3/b19-13-. The van der Waals surface area contributed by atoms with Gasteiger partial charge in [0.1, 0.15) is 10.1 Å². The van der Waals surface area contributed by atoms with Crippen molar-refractivity contribution in [3.8, 4) is 17.2 Å². The average Bonchev–Trinajstić information content (AvgIpc) is 2.96. The Balaban J connectivity index is 1.60. The van der Waals surface area contributed by atoms with Gasteiger partial charge in [-0.2, -0.15) is 0 Å². The van der Waals surface area contributed by atoms with Crippen LogP contribution in [0.25, 0.3) is 6.08 Å². The summed E-state index contributed by atoms with van der Waals surface area (Å²) in [5, 5.41) is 0.565. The van der Waals surface area contributed by atoms with Crippen LogP contribution in [0.5, 0.6) is 17.2 Å². The summed E-state index contributed by atoms with van der Waals surface area (Å²) in [6.07, 6.45) is 2.44. The molecule has 0 aromatic heterocycles. The van der Waals surface area contributed by atoms with Gasteiger partial charge in [-0.05, 0) is 36.4 Å². The Morgan fingerprint density at radius 3 is 2.45 bits per heavy atom. The van der Waals surface area contributed by atoms with Crippen molar-refractivity contribution in [3.63, 3.8) is 0 Å². The minimum Gasteiger partial charge on any atom is -0.493 e. The van der Waals surface area contributed by atoms with Crippen molar-refractivity contribution in [2.45, 2.75) is 6.42 Å². The first kappa shape index (κ1) is 21.5. The van der Waals surface area contributed by atoms with E-state index >= 15 is 0 Å². The van der Waals surface area contributed by atoms with Crippen LogP contribution in [-0.2, 0) is 4.79 Å². The van der Waals surface area contributed by atoms with Crippen LogP contribution in [0.3, 0.4) is 0 Å². The maximum Gasteiger partial charge on any atom is 0.265 e. The van der Waals surface area contributed by atoms with E-state index in [2.05, 4.69) is 0 Å². The molecule has 2 aromatic rings. The van der Waals surface area contributed by atoms with E-state index in [0.717, 1.165) is 5.56 Å². The largest absolute Gasteiger partial charge is 0.493 e. The molecule has 0 spiro atoms. The van der Waals surface area contributed by atoms with Crippen LogP contribution in [0.2, 0.25) is 5.02 Å². The highest BCUT2D eigenvalue weighted by Gasteiger charge is 2.29. The number of carbonyl (C=O) groups is 1. The number of likely N-dealkylation sites (N-methyl/N-ethyl adjacent to an activating group) is 1. The van der Waals surface area contributed by atoms with Gasteiger partial charge in [0.05, 0.1) is 25.2 Å². The molecule has 1 fully saturated rings. The molecular weight excluding hydrogens is 430 g/mol. The molecule has 0 saturated carbocycles. The monoisotopic (exact) mass is 449 g/mol. The van der Waals surface area contributed by atoms with E-state index in [9.17, 15) is 4.79 Å². The third-order valence-electron chi connectivity index (χ3n) is 4.12. The number of benzene rings is 2.